The van der Waals surface area contributed by atoms with Crippen LogP contribution in [0.1, 0.15) is 10.4 Å². The van der Waals surface area contributed by atoms with Gasteiger partial charge in [-0.25, -0.2) is 9.97 Å². The second-order valence-electron chi connectivity index (χ2n) is 6.18. The maximum absolute atomic E-state index is 12.4. The van der Waals surface area contributed by atoms with E-state index in [1.54, 1.807) is 0 Å². The van der Waals surface area contributed by atoms with E-state index in [-0.39, 0.29) is 5.91 Å². The van der Waals surface area contributed by atoms with Crippen LogP contribution in [-0.2, 0) is 0 Å². The van der Waals surface area contributed by atoms with Crippen LogP contribution < -0.4 is 10.6 Å². The van der Waals surface area contributed by atoms with Crippen LogP contribution >= 0.6 is 0 Å². The molecule has 28 heavy (non-hydrogen) atoms. The molecule has 0 aliphatic rings. The van der Waals surface area contributed by atoms with E-state index >= 15 is 0 Å². The second kappa shape index (κ2) is 8.14. The van der Waals surface area contributed by atoms with Gasteiger partial charge in [0.1, 0.15) is 0 Å². The molecule has 0 fully saturated rings. The van der Waals surface area contributed by atoms with Gasteiger partial charge < -0.3 is 10.6 Å². The van der Waals surface area contributed by atoms with Crippen molar-refractivity contribution in [2.24, 2.45) is 0 Å². The zero-order valence-electron chi connectivity index (χ0n) is 15.0. The van der Waals surface area contributed by atoms with Gasteiger partial charge in [-0.3, -0.25) is 4.79 Å². The molecule has 0 saturated carbocycles. The first-order valence-corrected chi connectivity index (χ1v) is 8.89. The molecular weight excluding hydrogens is 348 g/mol. The van der Waals surface area contributed by atoms with Crippen LogP contribution in [0.2, 0.25) is 0 Å². The summed E-state index contributed by atoms with van der Waals surface area (Å²) in [7, 11) is 0. The number of nitrogens with zero attached hydrogens (tertiary/aromatic N) is 2. The predicted molar refractivity (Wildman–Crippen MR) is 112 cm³/mol. The van der Waals surface area contributed by atoms with Gasteiger partial charge >= 0.3 is 0 Å². The fourth-order valence-corrected chi connectivity index (χ4v) is 2.71. The van der Waals surface area contributed by atoms with Crippen molar-refractivity contribution in [3.8, 4) is 11.4 Å². The van der Waals surface area contributed by atoms with Gasteiger partial charge in [0.15, 0.2) is 5.82 Å². The molecule has 2 N–H and O–H groups in total. The number of amides is 1. The monoisotopic (exact) mass is 366 g/mol. The Labute approximate surface area is 163 Å². The van der Waals surface area contributed by atoms with Crippen molar-refractivity contribution < 1.29 is 4.79 Å². The van der Waals surface area contributed by atoms with Crippen molar-refractivity contribution in [2.75, 3.05) is 10.6 Å². The minimum Gasteiger partial charge on any atom is -0.356 e. The van der Waals surface area contributed by atoms with E-state index in [2.05, 4.69) is 20.6 Å². The Kier molecular flexibility index (Phi) is 5.06. The molecule has 0 unspecified atom stereocenters. The Hall–Kier alpha value is -3.99. The van der Waals surface area contributed by atoms with Crippen LogP contribution in [0.25, 0.3) is 11.4 Å². The molecule has 136 valence electrons. The summed E-state index contributed by atoms with van der Waals surface area (Å²) in [5.41, 5.74) is 3.98. The van der Waals surface area contributed by atoms with E-state index in [0.29, 0.717) is 17.1 Å². The zero-order chi connectivity index (χ0) is 19.2. The van der Waals surface area contributed by atoms with Crippen molar-refractivity contribution in [3.05, 3.63) is 103 Å². The third kappa shape index (κ3) is 4.22. The number of para-hydroxylation sites is 1. The van der Waals surface area contributed by atoms with Crippen LogP contribution in [-0.4, -0.2) is 15.9 Å². The van der Waals surface area contributed by atoms with Crippen LogP contribution in [0.5, 0.6) is 0 Å². The molecule has 3 aromatic carbocycles. The Morgan fingerprint density at radius 1 is 0.643 bits per heavy atom. The van der Waals surface area contributed by atoms with Gasteiger partial charge in [-0.05, 0) is 36.4 Å². The molecular formula is C23H18N4O. The van der Waals surface area contributed by atoms with Crippen molar-refractivity contribution >= 4 is 23.0 Å². The molecule has 0 aliphatic heterocycles. The van der Waals surface area contributed by atoms with Gasteiger partial charge in [0.2, 0.25) is 0 Å². The molecule has 0 bridgehead atoms. The lowest BCUT2D eigenvalue weighted by molar-refractivity contribution is 0.102. The summed E-state index contributed by atoms with van der Waals surface area (Å²) in [6.45, 7) is 0. The standard InChI is InChI=1S/C23H18N4O/c28-23(18-15-24-22(25-16-18)17-7-3-1-4-8-17)27-21-13-11-20(12-14-21)26-19-9-5-2-6-10-19/h1-16,26H,(H,27,28). The van der Waals surface area contributed by atoms with Crippen LogP contribution in [0, 0.1) is 0 Å². The third-order valence-corrected chi connectivity index (χ3v) is 4.15. The van der Waals surface area contributed by atoms with Gasteiger partial charge in [0.25, 0.3) is 5.91 Å². The lowest BCUT2D eigenvalue weighted by Crippen LogP contribution is -2.12. The fourth-order valence-electron chi connectivity index (χ4n) is 2.71. The summed E-state index contributed by atoms with van der Waals surface area (Å²) in [4.78, 5) is 21.0. The molecule has 4 aromatic rings. The number of benzene rings is 3. The normalized spacial score (nSPS) is 10.3. The Morgan fingerprint density at radius 2 is 1.18 bits per heavy atom. The lowest BCUT2D eigenvalue weighted by Gasteiger charge is -2.09. The number of anilines is 3. The molecule has 0 radical (unpaired) electrons. The molecule has 0 spiro atoms. The summed E-state index contributed by atoms with van der Waals surface area (Å²) >= 11 is 0. The largest absolute Gasteiger partial charge is 0.356 e. The lowest BCUT2D eigenvalue weighted by atomic mass is 10.2. The van der Waals surface area contributed by atoms with Crippen LogP contribution in [0.15, 0.2) is 97.3 Å². The van der Waals surface area contributed by atoms with E-state index in [1.807, 2.05) is 84.9 Å². The van der Waals surface area contributed by atoms with Crippen molar-refractivity contribution in [1.29, 1.82) is 0 Å². The molecule has 0 saturated heterocycles. The van der Waals surface area contributed by atoms with Crippen LogP contribution in [0.4, 0.5) is 17.1 Å². The van der Waals surface area contributed by atoms with E-state index in [0.717, 1.165) is 16.9 Å². The first-order valence-electron chi connectivity index (χ1n) is 8.89. The average molecular weight is 366 g/mol. The SMILES string of the molecule is O=C(Nc1ccc(Nc2ccccc2)cc1)c1cnc(-c2ccccc2)nc1. The highest BCUT2D eigenvalue weighted by Crippen LogP contribution is 2.19. The Bertz CT molecular complexity index is 1050. The molecule has 4 rings (SSSR count). The smallest absolute Gasteiger partial charge is 0.258 e. The molecule has 1 amide bonds. The first kappa shape index (κ1) is 17.4. The highest BCUT2D eigenvalue weighted by Gasteiger charge is 2.08. The van der Waals surface area contributed by atoms with Gasteiger partial charge in [-0.15, -0.1) is 0 Å². The van der Waals surface area contributed by atoms with Gasteiger partial charge in [-0.2, -0.15) is 0 Å². The first-order chi connectivity index (χ1) is 13.8. The molecule has 5 heteroatoms. The molecule has 1 heterocycles. The van der Waals surface area contributed by atoms with Crippen molar-refractivity contribution in [2.45, 2.75) is 0 Å². The zero-order valence-corrected chi connectivity index (χ0v) is 15.0. The minimum absolute atomic E-state index is 0.247. The van der Waals surface area contributed by atoms with E-state index in [1.165, 1.54) is 12.4 Å². The van der Waals surface area contributed by atoms with E-state index in [4.69, 9.17) is 0 Å². The number of aromatic nitrogens is 2. The number of hydrogen-bond acceptors (Lipinski definition) is 4. The Morgan fingerprint density at radius 3 is 1.82 bits per heavy atom. The summed E-state index contributed by atoms with van der Waals surface area (Å²) in [6.07, 6.45) is 3.08. The number of carbonyl (C=O) groups is 1. The number of carbonyl (C=O) groups excluding carboxylic acids is 1. The number of hydrogen-bond donors (Lipinski definition) is 2. The highest BCUT2D eigenvalue weighted by molar-refractivity contribution is 6.04. The maximum atomic E-state index is 12.4. The summed E-state index contributed by atoms with van der Waals surface area (Å²) in [5.74, 6) is 0.344. The van der Waals surface area contributed by atoms with Gasteiger partial charge in [0, 0.05) is 35.0 Å². The van der Waals surface area contributed by atoms with E-state index in [9.17, 15) is 4.79 Å². The minimum atomic E-state index is -0.247. The summed E-state index contributed by atoms with van der Waals surface area (Å²) in [5, 5.41) is 6.17. The molecule has 0 atom stereocenters. The maximum Gasteiger partial charge on any atom is 0.258 e. The fraction of sp³-hybridized carbons (Fsp3) is 0. The number of rotatable bonds is 5. The molecule has 0 aliphatic carbocycles. The van der Waals surface area contributed by atoms with Crippen molar-refractivity contribution in [3.63, 3.8) is 0 Å². The summed E-state index contributed by atoms with van der Waals surface area (Å²) < 4.78 is 0. The van der Waals surface area contributed by atoms with Crippen molar-refractivity contribution in [1.82, 2.24) is 9.97 Å². The Balaban J connectivity index is 1.40. The molecule has 5 nitrogen and oxygen atoms in total. The highest BCUT2D eigenvalue weighted by atomic mass is 16.1. The summed E-state index contributed by atoms with van der Waals surface area (Å²) in [6, 6.07) is 27.1. The number of nitrogens with one attached hydrogen (secondary N) is 2. The quantitative estimate of drug-likeness (QED) is 0.513. The topological polar surface area (TPSA) is 66.9 Å². The molecule has 1 aromatic heterocycles. The predicted octanol–water partition coefficient (Wildman–Crippen LogP) is 5.14. The van der Waals surface area contributed by atoms with E-state index < -0.39 is 0 Å². The average Bonchev–Trinajstić information content (AvgIpc) is 2.76. The van der Waals surface area contributed by atoms with Gasteiger partial charge in [-0.1, -0.05) is 48.5 Å². The third-order valence-electron chi connectivity index (χ3n) is 4.15. The van der Waals surface area contributed by atoms with Gasteiger partial charge in [0.05, 0.1) is 5.56 Å². The second-order valence-corrected chi connectivity index (χ2v) is 6.18. The van der Waals surface area contributed by atoms with Crippen LogP contribution in [0.3, 0.4) is 0 Å².